The Morgan fingerprint density at radius 1 is 1.08 bits per heavy atom. The van der Waals surface area contributed by atoms with E-state index in [1.54, 1.807) is 0 Å². The van der Waals surface area contributed by atoms with Crippen molar-refractivity contribution in [3.05, 3.63) is 65.5 Å². The number of para-hydroxylation sites is 1. The average Bonchev–Trinajstić information content (AvgIpc) is 3.10. The molecule has 1 aromatic heterocycles. The van der Waals surface area contributed by atoms with Crippen LogP contribution in [0.5, 0.6) is 5.75 Å². The van der Waals surface area contributed by atoms with Crippen LogP contribution in [0.2, 0.25) is 0 Å². The number of hydrogen-bond donors (Lipinski definition) is 1. The largest absolute Gasteiger partial charge is 0.481 e. The van der Waals surface area contributed by atoms with Gasteiger partial charge in [-0.05, 0) is 25.0 Å². The van der Waals surface area contributed by atoms with Crippen LogP contribution in [0.25, 0.3) is 11.3 Å². The molecule has 1 atom stereocenters. The Hall–Kier alpha value is -2.66. The van der Waals surface area contributed by atoms with Crippen LogP contribution in [0.15, 0.2) is 60.7 Å². The van der Waals surface area contributed by atoms with E-state index in [2.05, 4.69) is 17.2 Å². The molecule has 0 fully saturated rings. The molecular weight excluding hydrogens is 344 g/mol. The number of amides is 1. The van der Waals surface area contributed by atoms with E-state index in [0.717, 1.165) is 22.6 Å². The Morgan fingerprint density at radius 3 is 2.35 bits per heavy atom. The molecule has 0 spiro atoms. The minimum absolute atomic E-state index is 0.174. The molecule has 3 aromatic rings. The molecule has 134 valence electrons. The third-order valence-electron chi connectivity index (χ3n) is 3.98. The number of anilines is 1. The summed E-state index contributed by atoms with van der Waals surface area (Å²) in [6, 6.07) is 19.4. The number of nitrogens with zero attached hydrogens (tertiary/aromatic N) is 1. The summed E-state index contributed by atoms with van der Waals surface area (Å²) in [5.41, 5.74) is 2.00. The number of benzene rings is 2. The zero-order chi connectivity index (χ0) is 18.4. The zero-order valence-electron chi connectivity index (χ0n) is 14.9. The maximum absolute atomic E-state index is 12.6. The van der Waals surface area contributed by atoms with Crippen molar-refractivity contribution in [2.24, 2.45) is 0 Å². The van der Waals surface area contributed by atoms with Gasteiger partial charge in [0.15, 0.2) is 11.2 Å². The van der Waals surface area contributed by atoms with Gasteiger partial charge in [0.25, 0.3) is 5.91 Å². The first kappa shape index (κ1) is 18.1. The van der Waals surface area contributed by atoms with Crippen LogP contribution >= 0.6 is 11.3 Å². The maximum Gasteiger partial charge on any atom is 0.267 e. The molecular formula is C21H22N2O2S. The predicted molar refractivity (Wildman–Crippen MR) is 107 cm³/mol. The monoisotopic (exact) mass is 366 g/mol. The van der Waals surface area contributed by atoms with E-state index in [0.29, 0.717) is 17.3 Å². The standard InChI is InChI=1S/C21H22N2O2S/c1-3-17(25-16-13-9-6-10-14-16)20(24)23-21-22-19(18(4-2)26-21)15-11-7-5-8-12-15/h5-14,17H,3-4H2,1-2H3,(H,22,23,24). The summed E-state index contributed by atoms with van der Waals surface area (Å²) in [6.07, 6.45) is 0.903. The van der Waals surface area contributed by atoms with E-state index < -0.39 is 6.10 Å². The van der Waals surface area contributed by atoms with Gasteiger partial charge in [0.05, 0.1) is 5.69 Å². The highest BCUT2D eigenvalue weighted by Gasteiger charge is 2.21. The average molecular weight is 366 g/mol. The van der Waals surface area contributed by atoms with Gasteiger partial charge in [-0.2, -0.15) is 0 Å². The van der Waals surface area contributed by atoms with Crippen LogP contribution in [0.1, 0.15) is 25.1 Å². The van der Waals surface area contributed by atoms with E-state index >= 15 is 0 Å². The van der Waals surface area contributed by atoms with Crippen molar-refractivity contribution in [2.75, 3.05) is 5.32 Å². The third-order valence-corrected chi connectivity index (χ3v) is 5.10. The molecule has 1 unspecified atom stereocenters. The first-order chi connectivity index (χ1) is 12.7. The fourth-order valence-electron chi connectivity index (χ4n) is 2.64. The fourth-order valence-corrected chi connectivity index (χ4v) is 3.56. The number of aryl methyl sites for hydroxylation is 1. The first-order valence-electron chi connectivity index (χ1n) is 8.79. The second-order valence-corrected chi connectivity index (χ2v) is 6.91. The highest BCUT2D eigenvalue weighted by Crippen LogP contribution is 2.31. The Labute approximate surface area is 157 Å². The molecule has 0 aliphatic carbocycles. The molecule has 26 heavy (non-hydrogen) atoms. The van der Waals surface area contributed by atoms with Gasteiger partial charge in [-0.25, -0.2) is 4.98 Å². The van der Waals surface area contributed by atoms with Crippen molar-refractivity contribution in [1.82, 2.24) is 4.98 Å². The molecule has 2 aromatic carbocycles. The lowest BCUT2D eigenvalue weighted by Gasteiger charge is -2.16. The minimum Gasteiger partial charge on any atom is -0.481 e. The molecule has 0 bridgehead atoms. The molecule has 1 N–H and O–H groups in total. The van der Waals surface area contributed by atoms with Crippen molar-refractivity contribution in [3.8, 4) is 17.0 Å². The van der Waals surface area contributed by atoms with Gasteiger partial charge in [0, 0.05) is 10.4 Å². The number of aromatic nitrogens is 1. The highest BCUT2D eigenvalue weighted by atomic mass is 32.1. The van der Waals surface area contributed by atoms with Gasteiger partial charge < -0.3 is 4.74 Å². The summed E-state index contributed by atoms with van der Waals surface area (Å²) < 4.78 is 5.81. The molecule has 0 saturated carbocycles. The van der Waals surface area contributed by atoms with Gasteiger partial charge in [-0.1, -0.05) is 62.4 Å². The van der Waals surface area contributed by atoms with Gasteiger partial charge in [-0.3, -0.25) is 10.1 Å². The molecule has 0 radical (unpaired) electrons. The molecule has 3 rings (SSSR count). The highest BCUT2D eigenvalue weighted by molar-refractivity contribution is 7.16. The molecule has 4 nitrogen and oxygen atoms in total. The Kier molecular flexibility index (Phi) is 6.02. The van der Waals surface area contributed by atoms with Crippen LogP contribution in [-0.4, -0.2) is 17.0 Å². The second-order valence-electron chi connectivity index (χ2n) is 5.83. The van der Waals surface area contributed by atoms with E-state index in [4.69, 9.17) is 4.74 Å². The number of carbonyl (C=O) groups is 1. The van der Waals surface area contributed by atoms with Crippen LogP contribution < -0.4 is 10.1 Å². The Balaban J connectivity index is 1.75. The Bertz CT molecular complexity index is 847. The SMILES string of the molecule is CCc1sc(NC(=O)C(CC)Oc2ccccc2)nc1-c1ccccc1. The predicted octanol–water partition coefficient (Wildman–Crippen LogP) is 5.17. The molecule has 1 amide bonds. The molecule has 5 heteroatoms. The van der Waals surface area contributed by atoms with Crippen LogP contribution in [-0.2, 0) is 11.2 Å². The summed E-state index contributed by atoms with van der Waals surface area (Å²) in [7, 11) is 0. The Morgan fingerprint density at radius 2 is 1.73 bits per heavy atom. The fraction of sp³-hybridized carbons (Fsp3) is 0.238. The van der Waals surface area contributed by atoms with Gasteiger partial charge in [-0.15, -0.1) is 11.3 Å². The number of thiazole rings is 1. The van der Waals surface area contributed by atoms with E-state index in [1.165, 1.54) is 11.3 Å². The van der Waals surface area contributed by atoms with E-state index in [1.807, 2.05) is 67.6 Å². The number of nitrogens with one attached hydrogen (secondary N) is 1. The zero-order valence-corrected chi connectivity index (χ0v) is 15.8. The summed E-state index contributed by atoms with van der Waals surface area (Å²) in [5.74, 6) is 0.514. The number of ether oxygens (including phenoxy) is 1. The lowest BCUT2D eigenvalue weighted by molar-refractivity contribution is -0.122. The van der Waals surface area contributed by atoms with Crippen molar-refractivity contribution >= 4 is 22.4 Å². The van der Waals surface area contributed by atoms with Crippen LogP contribution in [0.3, 0.4) is 0 Å². The molecule has 0 aliphatic heterocycles. The third kappa shape index (κ3) is 4.29. The first-order valence-corrected chi connectivity index (χ1v) is 9.60. The quantitative estimate of drug-likeness (QED) is 0.628. The van der Waals surface area contributed by atoms with E-state index in [9.17, 15) is 4.79 Å². The van der Waals surface area contributed by atoms with Gasteiger partial charge in [0.2, 0.25) is 0 Å². The lowest BCUT2D eigenvalue weighted by atomic mass is 10.1. The number of carbonyl (C=O) groups excluding carboxylic acids is 1. The summed E-state index contributed by atoms with van der Waals surface area (Å²) >= 11 is 1.52. The topological polar surface area (TPSA) is 51.2 Å². The summed E-state index contributed by atoms with van der Waals surface area (Å²) in [6.45, 7) is 4.03. The van der Waals surface area contributed by atoms with Crippen molar-refractivity contribution in [1.29, 1.82) is 0 Å². The van der Waals surface area contributed by atoms with Crippen molar-refractivity contribution in [2.45, 2.75) is 32.8 Å². The second kappa shape index (κ2) is 8.63. The normalized spacial score (nSPS) is 11.8. The van der Waals surface area contributed by atoms with E-state index in [-0.39, 0.29) is 5.91 Å². The van der Waals surface area contributed by atoms with Crippen LogP contribution in [0, 0.1) is 0 Å². The van der Waals surface area contributed by atoms with Gasteiger partial charge >= 0.3 is 0 Å². The van der Waals surface area contributed by atoms with Crippen LogP contribution in [0.4, 0.5) is 5.13 Å². The molecule has 0 saturated heterocycles. The maximum atomic E-state index is 12.6. The number of rotatable bonds is 7. The molecule has 1 heterocycles. The smallest absolute Gasteiger partial charge is 0.267 e. The van der Waals surface area contributed by atoms with Crippen molar-refractivity contribution < 1.29 is 9.53 Å². The lowest BCUT2D eigenvalue weighted by Crippen LogP contribution is -2.32. The summed E-state index contributed by atoms with van der Waals surface area (Å²) in [5, 5.41) is 3.53. The summed E-state index contributed by atoms with van der Waals surface area (Å²) in [4.78, 5) is 18.4. The van der Waals surface area contributed by atoms with Crippen molar-refractivity contribution in [3.63, 3.8) is 0 Å². The molecule has 0 aliphatic rings. The van der Waals surface area contributed by atoms with Gasteiger partial charge in [0.1, 0.15) is 5.75 Å². The number of hydrogen-bond acceptors (Lipinski definition) is 4. The minimum atomic E-state index is -0.549.